The van der Waals surface area contributed by atoms with Gasteiger partial charge in [0.1, 0.15) is 5.75 Å². The van der Waals surface area contributed by atoms with E-state index in [0.29, 0.717) is 40.9 Å². The Kier molecular flexibility index (Phi) is 7.84. The molecule has 0 aliphatic heterocycles. The van der Waals surface area contributed by atoms with Crippen molar-refractivity contribution in [3.05, 3.63) is 64.4 Å². The SMILES string of the molecule is CCOc1ccccc1-n1c(O)c(C=NCCCN(CC)CC)c2ccccc2c1=O. The van der Waals surface area contributed by atoms with Crippen molar-refractivity contribution in [2.45, 2.75) is 27.2 Å². The summed E-state index contributed by atoms with van der Waals surface area (Å²) in [6, 6.07) is 14.5. The van der Waals surface area contributed by atoms with Crippen LogP contribution in [0.5, 0.6) is 11.6 Å². The molecule has 1 heterocycles. The van der Waals surface area contributed by atoms with Crippen molar-refractivity contribution in [3.8, 4) is 17.3 Å². The van der Waals surface area contributed by atoms with Gasteiger partial charge in [-0.1, -0.05) is 44.2 Å². The Balaban J connectivity index is 2.04. The molecule has 0 unspecified atom stereocenters. The minimum Gasteiger partial charge on any atom is -0.494 e. The van der Waals surface area contributed by atoms with E-state index in [9.17, 15) is 9.90 Å². The summed E-state index contributed by atoms with van der Waals surface area (Å²) in [5, 5.41) is 12.3. The predicted octanol–water partition coefficient (Wildman–Crippen LogP) is 4.25. The maximum Gasteiger partial charge on any atom is 0.265 e. The fraction of sp³-hybridized carbons (Fsp3) is 0.360. The second-order valence-electron chi connectivity index (χ2n) is 7.24. The van der Waals surface area contributed by atoms with Gasteiger partial charge in [0.2, 0.25) is 5.88 Å². The second kappa shape index (κ2) is 10.8. The van der Waals surface area contributed by atoms with Gasteiger partial charge in [0.25, 0.3) is 5.56 Å². The summed E-state index contributed by atoms with van der Waals surface area (Å²) in [5.74, 6) is 0.406. The number of hydrogen-bond donors (Lipinski definition) is 1. The predicted molar refractivity (Wildman–Crippen MR) is 127 cm³/mol. The van der Waals surface area contributed by atoms with E-state index < -0.39 is 0 Å². The van der Waals surface area contributed by atoms with Gasteiger partial charge in [-0.15, -0.1) is 0 Å². The van der Waals surface area contributed by atoms with E-state index in [1.165, 1.54) is 4.57 Å². The first kappa shape index (κ1) is 22.6. The van der Waals surface area contributed by atoms with E-state index in [1.54, 1.807) is 24.4 Å². The molecule has 6 heteroatoms. The molecule has 3 rings (SSSR count). The van der Waals surface area contributed by atoms with Gasteiger partial charge in [-0.25, -0.2) is 4.57 Å². The number of aliphatic imine (C=N–C) groups is 1. The Morgan fingerprint density at radius 1 is 1.03 bits per heavy atom. The topological polar surface area (TPSA) is 67.1 Å². The monoisotopic (exact) mass is 421 g/mol. The van der Waals surface area contributed by atoms with Gasteiger partial charge >= 0.3 is 0 Å². The van der Waals surface area contributed by atoms with Crippen LogP contribution in [0, 0.1) is 0 Å². The van der Waals surface area contributed by atoms with E-state index >= 15 is 0 Å². The van der Waals surface area contributed by atoms with Crippen LogP contribution >= 0.6 is 0 Å². The van der Waals surface area contributed by atoms with Gasteiger partial charge in [0, 0.05) is 23.5 Å². The number of ether oxygens (including phenoxy) is 1. The Labute approximate surface area is 183 Å². The Morgan fingerprint density at radius 3 is 2.42 bits per heavy atom. The van der Waals surface area contributed by atoms with Crippen molar-refractivity contribution in [2.75, 3.05) is 32.8 Å². The van der Waals surface area contributed by atoms with Crippen molar-refractivity contribution >= 4 is 17.0 Å². The highest BCUT2D eigenvalue weighted by atomic mass is 16.5. The number of hydrogen-bond acceptors (Lipinski definition) is 5. The summed E-state index contributed by atoms with van der Waals surface area (Å²) in [7, 11) is 0. The van der Waals surface area contributed by atoms with E-state index in [1.807, 2.05) is 37.3 Å². The Bertz CT molecular complexity index is 1100. The van der Waals surface area contributed by atoms with Gasteiger partial charge in [0.15, 0.2) is 0 Å². The molecule has 0 spiro atoms. The molecule has 6 nitrogen and oxygen atoms in total. The Morgan fingerprint density at radius 2 is 1.71 bits per heavy atom. The minimum atomic E-state index is -0.293. The van der Waals surface area contributed by atoms with Crippen molar-refractivity contribution in [2.24, 2.45) is 4.99 Å². The summed E-state index contributed by atoms with van der Waals surface area (Å²) in [6.45, 7) is 10.3. The first-order valence-corrected chi connectivity index (χ1v) is 10.9. The molecule has 164 valence electrons. The zero-order valence-electron chi connectivity index (χ0n) is 18.5. The lowest BCUT2D eigenvalue weighted by Gasteiger charge is -2.17. The highest BCUT2D eigenvalue weighted by Gasteiger charge is 2.18. The van der Waals surface area contributed by atoms with Crippen LogP contribution in [0.15, 0.2) is 58.3 Å². The number of aromatic nitrogens is 1. The molecular weight excluding hydrogens is 390 g/mol. The zero-order valence-corrected chi connectivity index (χ0v) is 18.5. The second-order valence-corrected chi connectivity index (χ2v) is 7.24. The van der Waals surface area contributed by atoms with E-state index in [0.717, 1.165) is 26.1 Å². The molecule has 0 saturated carbocycles. The molecule has 0 bridgehead atoms. The lowest BCUT2D eigenvalue weighted by atomic mass is 10.1. The molecule has 0 fully saturated rings. The normalized spacial score (nSPS) is 11.6. The van der Waals surface area contributed by atoms with Crippen LogP contribution in [0.25, 0.3) is 16.5 Å². The quantitative estimate of drug-likeness (QED) is 0.393. The van der Waals surface area contributed by atoms with Crippen LogP contribution < -0.4 is 10.3 Å². The van der Waals surface area contributed by atoms with E-state index in [4.69, 9.17) is 4.74 Å². The van der Waals surface area contributed by atoms with Gasteiger partial charge in [-0.05, 0) is 51.2 Å². The molecule has 0 saturated heterocycles. The largest absolute Gasteiger partial charge is 0.494 e. The molecule has 0 amide bonds. The number of nitrogens with zero attached hydrogens (tertiary/aromatic N) is 3. The first-order chi connectivity index (χ1) is 15.1. The summed E-state index contributed by atoms with van der Waals surface area (Å²) < 4.78 is 7.01. The summed E-state index contributed by atoms with van der Waals surface area (Å²) in [6.07, 6.45) is 2.61. The van der Waals surface area contributed by atoms with Crippen molar-refractivity contribution in [1.29, 1.82) is 0 Å². The highest BCUT2D eigenvalue weighted by Crippen LogP contribution is 2.30. The number of benzene rings is 2. The van der Waals surface area contributed by atoms with E-state index in [2.05, 4.69) is 23.7 Å². The average Bonchev–Trinajstić information content (AvgIpc) is 2.79. The molecule has 2 aromatic carbocycles. The highest BCUT2D eigenvalue weighted by molar-refractivity contribution is 6.01. The van der Waals surface area contributed by atoms with Crippen molar-refractivity contribution in [1.82, 2.24) is 9.47 Å². The van der Waals surface area contributed by atoms with Crippen LogP contribution in [-0.4, -0.2) is 53.6 Å². The van der Waals surface area contributed by atoms with Gasteiger partial charge in [-0.3, -0.25) is 9.79 Å². The summed E-state index contributed by atoms with van der Waals surface area (Å²) in [5.41, 5.74) is 0.747. The van der Waals surface area contributed by atoms with Crippen molar-refractivity contribution < 1.29 is 9.84 Å². The first-order valence-electron chi connectivity index (χ1n) is 10.9. The van der Waals surface area contributed by atoms with Crippen molar-refractivity contribution in [3.63, 3.8) is 0 Å². The lowest BCUT2D eigenvalue weighted by molar-refractivity contribution is 0.302. The van der Waals surface area contributed by atoms with Gasteiger partial charge in [0.05, 0.1) is 17.9 Å². The van der Waals surface area contributed by atoms with Crippen LogP contribution in [-0.2, 0) is 0 Å². The number of para-hydroxylation sites is 2. The molecule has 1 aromatic heterocycles. The number of fused-ring (bicyclic) bond motifs is 1. The molecule has 0 aliphatic carbocycles. The smallest absolute Gasteiger partial charge is 0.265 e. The fourth-order valence-electron chi connectivity index (χ4n) is 3.71. The average molecular weight is 422 g/mol. The minimum absolute atomic E-state index is 0.136. The standard InChI is InChI=1S/C25H31N3O3/c1-4-27(5-2)17-11-16-26-18-21-19-12-7-8-13-20(19)24(29)28(25(21)30)22-14-9-10-15-23(22)31-6-3/h7-10,12-15,18,30H,4-6,11,16-17H2,1-3H3. The van der Waals surface area contributed by atoms with Gasteiger partial charge in [-0.2, -0.15) is 0 Å². The van der Waals surface area contributed by atoms with Crippen LogP contribution in [0.3, 0.4) is 0 Å². The lowest BCUT2D eigenvalue weighted by Crippen LogP contribution is -2.24. The third-order valence-corrected chi connectivity index (χ3v) is 5.39. The van der Waals surface area contributed by atoms with Crippen LogP contribution in [0.1, 0.15) is 32.8 Å². The molecule has 31 heavy (non-hydrogen) atoms. The molecule has 0 radical (unpaired) electrons. The molecule has 0 atom stereocenters. The number of pyridine rings is 1. The van der Waals surface area contributed by atoms with E-state index in [-0.39, 0.29) is 11.4 Å². The zero-order chi connectivity index (χ0) is 22.2. The third kappa shape index (κ3) is 4.97. The summed E-state index contributed by atoms with van der Waals surface area (Å²) in [4.78, 5) is 20.2. The number of aromatic hydroxyl groups is 1. The molecule has 0 aliphatic rings. The summed E-state index contributed by atoms with van der Waals surface area (Å²) >= 11 is 0. The molecule has 3 aromatic rings. The van der Waals surface area contributed by atoms with Crippen LogP contribution in [0.4, 0.5) is 0 Å². The van der Waals surface area contributed by atoms with Gasteiger partial charge < -0.3 is 14.7 Å². The van der Waals surface area contributed by atoms with Crippen LogP contribution in [0.2, 0.25) is 0 Å². The third-order valence-electron chi connectivity index (χ3n) is 5.39. The maximum absolute atomic E-state index is 13.3. The Hall–Kier alpha value is -3.12. The molecular formula is C25H31N3O3. The molecule has 1 N–H and O–H groups in total. The fourth-order valence-corrected chi connectivity index (χ4v) is 3.71. The maximum atomic E-state index is 13.3. The number of rotatable bonds is 10.